The van der Waals surface area contributed by atoms with Gasteiger partial charge in [-0.15, -0.1) is 0 Å². The number of nitro benzene ring substituents is 1. The second-order valence-electron chi connectivity index (χ2n) is 7.29. The molecule has 0 aliphatic carbocycles. The van der Waals surface area contributed by atoms with Crippen molar-refractivity contribution in [1.29, 1.82) is 0 Å². The average molecular weight is 491 g/mol. The molecule has 0 saturated carbocycles. The monoisotopic (exact) mass is 490 g/mol. The summed E-state index contributed by atoms with van der Waals surface area (Å²) in [6.45, 7) is 2.26. The van der Waals surface area contributed by atoms with Gasteiger partial charge in [0.15, 0.2) is 20.4 Å². The summed E-state index contributed by atoms with van der Waals surface area (Å²) in [5, 5.41) is 23.8. The van der Waals surface area contributed by atoms with Gasteiger partial charge in [-0.3, -0.25) is 24.6 Å². The van der Waals surface area contributed by atoms with Crippen LogP contribution in [0.5, 0.6) is 0 Å². The Bertz CT molecular complexity index is 1360. The lowest BCUT2D eigenvalue weighted by molar-refractivity contribution is -0.384. The number of aromatic amines is 1. The number of nitrogens with zero attached hydrogens (tertiary/aromatic N) is 3. The summed E-state index contributed by atoms with van der Waals surface area (Å²) in [6.07, 6.45) is 0.978. The van der Waals surface area contributed by atoms with E-state index in [2.05, 4.69) is 20.8 Å². The second-order valence-corrected chi connectivity index (χ2v) is 9.70. The minimum absolute atomic E-state index is 0.0538. The average Bonchev–Trinajstić information content (AvgIpc) is 3.10. The fourth-order valence-corrected chi connectivity index (χ4v) is 3.95. The molecule has 174 valence electrons. The van der Waals surface area contributed by atoms with Gasteiger partial charge in [0.2, 0.25) is 5.91 Å². The van der Waals surface area contributed by atoms with Crippen molar-refractivity contribution in [3.63, 3.8) is 0 Å². The highest BCUT2D eigenvalue weighted by molar-refractivity contribution is 7.90. The number of carbonyl (C=O) groups excluding carboxylic acids is 1. The Morgan fingerprint density at radius 2 is 2.00 bits per heavy atom. The molecule has 0 aliphatic heterocycles. The molecule has 1 amide bonds. The van der Waals surface area contributed by atoms with Crippen LogP contribution >= 0.6 is 12.2 Å². The van der Waals surface area contributed by atoms with E-state index in [1.165, 1.54) is 12.1 Å². The van der Waals surface area contributed by atoms with Crippen LogP contribution in [-0.2, 0) is 21.2 Å². The van der Waals surface area contributed by atoms with Crippen LogP contribution in [0.15, 0.2) is 47.4 Å². The van der Waals surface area contributed by atoms with Crippen molar-refractivity contribution < 1.29 is 18.1 Å². The first-order valence-corrected chi connectivity index (χ1v) is 12.1. The Balaban J connectivity index is 1.61. The number of H-pyrrole nitrogens is 1. The van der Waals surface area contributed by atoms with Crippen LogP contribution in [0.1, 0.15) is 5.56 Å². The highest BCUT2D eigenvalue weighted by Gasteiger charge is 2.18. The molecule has 3 aromatic rings. The number of aromatic nitrogens is 3. The predicted molar refractivity (Wildman–Crippen MR) is 125 cm³/mol. The van der Waals surface area contributed by atoms with E-state index in [1.54, 1.807) is 4.57 Å². The number of aryl methyl sites for hydroxylation is 1. The zero-order chi connectivity index (χ0) is 24.2. The number of rotatable bonds is 9. The summed E-state index contributed by atoms with van der Waals surface area (Å²) in [5.74, 6) is 0.226. The molecule has 0 atom stereocenters. The zero-order valence-electron chi connectivity index (χ0n) is 17.9. The molecule has 2 aromatic carbocycles. The number of amides is 1. The molecule has 0 radical (unpaired) electrons. The van der Waals surface area contributed by atoms with E-state index in [-0.39, 0.29) is 41.8 Å². The van der Waals surface area contributed by atoms with E-state index in [4.69, 9.17) is 12.2 Å². The van der Waals surface area contributed by atoms with Crippen LogP contribution in [0.4, 0.5) is 11.4 Å². The number of hydrogen-bond donors (Lipinski definition) is 3. The number of anilines is 1. The first-order chi connectivity index (χ1) is 15.6. The number of nitro groups is 1. The molecule has 0 fully saturated rings. The number of nitrogens with one attached hydrogen (secondary N) is 3. The van der Waals surface area contributed by atoms with Crippen LogP contribution in [0.25, 0.3) is 11.4 Å². The Kier molecular flexibility index (Phi) is 7.23. The summed E-state index contributed by atoms with van der Waals surface area (Å²) < 4.78 is 25.2. The van der Waals surface area contributed by atoms with Gasteiger partial charge in [0.05, 0.1) is 9.82 Å². The summed E-state index contributed by atoms with van der Waals surface area (Å²) in [4.78, 5) is 22.9. The van der Waals surface area contributed by atoms with Crippen molar-refractivity contribution in [3.8, 4) is 11.4 Å². The van der Waals surface area contributed by atoms with Crippen molar-refractivity contribution in [1.82, 2.24) is 20.1 Å². The van der Waals surface area contributed by atoms with Gasteiger partial charge in [0.1, 0.15) is 12.2 Å². The van der Waals surface area contributed by atoms with Gasteiger partial charge in [-0.1, -0.05) is 23.8 Å². The van der Waals surface area contributed by atoms with Crippen LogP contribution in [0.3, 0.4) is 0 Å². The molecule has 33 heavy (non-hydrogen) atoms. The lowest BCUT2D eigenvalue weighted by Gasteiger charge is -2.11. The molecular formula is C20H22N6O5S2. The second kappa shape index (κ2) is 9.92. The lowest BCUT2D eigenvalue weighted by atomic mass is 10.1. The van der Waals surface area contributed by atoms with Gasteiger partial charge in [-0.05, 0) is 37.3 Å². The van der Waals surface area contributed by atoms with Crippen molar-refractivity contribution >= 4 is 39.3 Å². The standard InChI is InChI=1S/C20H22N6O5S2/c1-13-4-3-5-14(10-13)19-23-24-20(32)25(19)12-18(27)22-9-8-21-16-7-6-15(33(2,30)31)11-17(16)26(28)29/h3-7,10-11,21H,8-9,12H2,1-2H3,(H,22,27)(H,24,32). The van der Waals surface area contributed by atoms with Crippen molar-refractivity contribution in [3.05, 3.63) is 62.9 Å². The van der Waals surface area contributed by atoms with Crippen LogP contribution in [-0.4, -0.2) is 53.4 Å². The third-order valence-electron chi connectivity index (χ3n) is 4.69. The third-order valence-corrected chi connectivity index (χ3v) is 6.11. The van der Waals surface area contributed by atoms with Gasteiger partial charge >= 0.3 is 0 Å². The van der Waals surface area contributed by atoms with E-state index in [9.17, 15) is 23.3 Å². The molecule has 1 heterocycles. The summed E-state index contributed by atoms with van der Waals surface area (Å²) in [6, 6.07) is 11.3. The molecule has 0 unspecified atom stereocenters. The Labute approximate surface area is 194 Å². The SMILES string of the molecule is Cc1cccc(-c2n[nH]c(=S)n2CC(=O)NCCNc2ccc(S(C)(=O)=O)cc2[N+](=O)[O-])c1. The van der Waals surface area contributed by atoms with Crippen LogP contribution < -0.4 is 10.6 Å². The number of sulfone groups is 1. The molecule has 1 aromatic heterocycles. The van der Waals surface area contributed by atoms with Crippen LogP contribution in [0.2, 0.25) is 0 Å². The number of hydrogen-bond acceptors (Lipinski definition) is 8. The van der Waals surface area contributed by atoms with Crippen molar-refractivity contribution in [2.24, 2.45) is 0 Å². The number of carbonyl (C=O) groups is 1. The fraction of sp³-hybridized carbons (Fsp3) is 0.250. The maximum Gasteiger partial charge on any atom is 0.293 e. The Morgan fingerprint density at radius 1 is 1.24 bits per heavy atom. The Morgan fingerprint density at radius 3 is 2.67 bits per heavy atom. The predicted octanol–water partition coefficient (Wildman–Crippen LogP) is 2.46. The lowest BCUT2D eigenvalue weighted by Crippen LogP contribution is -2.32. The van der Waals surface area contributed by atoms with Crippen molar-refractivity contribution in [2.45, 2.75) is 18.4 Å². The minimum Gasteiger partial charge on any atom is -0.378 e. The van der Waals surface area contributed by atoms with Gasteiger partial charge in [-0.2, -0.15) is 5.10 Å². The summed E-state index contributed by atoms with van der Waals surface area (Å²) in [5.41, 5.74) is 1.65. The smallest absolute Gasteiger partial charge is 0.293 e. The van der Waals surface area contributed by atoms with E-state index in [0.29, 0.717) is 10.6 Å². The molecule has 13 heteroatoms. The highest BCUT2D eigenvalue weighted by Crippen LogP contribution is 2.27. The largest absolute Gasteiger partial charge is 0.378 e. The first kappa shape index (κ1) is 24.1. The molecule has 0 aliphatic rings. The third kappa shape index (κ3) is 6.02. The molecule has 0 spiro atoms. The first-order valence-electron chi connectivity index (χ1n) is 9.77. The van der Waals surface area contributed by atoms with E-state index >= 15 is 0 Å². The molecule has 0 saturated heterocycles. The topological polar surface area (TPSA) is 152 Å². The molecular weight excluding hydrogens is 468 g/mol. The highest BCUT2D eigenvalue weighted by atomic mass is 32.2. The molecule has 3 N–H and O–H groups in total. The van der Waals surface area contributed by atoms with E-state index < -0.39 is 14.8 Å². The van der Waals surface area contributed by atoms with Gasteiger partial charge in [0, 0.05) is 31.0 Å². The van der Waals surface area contributed by atoms with Gasteiger partial charge in [-0.25, -0.2) is 8.42 Å². The maximum atomic E-state index is 12.4. The molecule has 3 rings (SSSR count). The summed E-state index contributed by atoms with van der Waals surface area (Å²) >= 11 is 5.24. The maximum absolute atomic E-state index is 12.4. The quantitative estimate of drug-likeness (QED) is 0.179. The zero-order valence-corrected chi connectivity index (χ0v) is 19.5. The molecule has 0 bridgehead atoms. The van der Waals surface area contributed by atoms with Crippen molar-refractivity contribution in [2.75, 3.05) is 24.7 Å². The normalized spacial score (nSPS) is 11.2. The van der Waals surface area contributed by atoms with E-state index in [0.717, 1.165) is 23.4 Å². The van der Waals surface area contributed by atoms with Gasteiger partial charge < -0.3 is 10.6 Å². The minimum atomic E-state index is -3.57. The summed E-state index contributed by atoms with van der Waals surface area (Å²) in [7, 11) is -3.57. The van der Waals surface area contributed by atoms with Gasteiger partial charge in [0.25, 0.3) is 5.69 Å². The van der Waals surface area contributed by atoms with E-state index in [1.807, 2.05) is 31.2 Å². The fourth-order valence-electron chi connectivity index (χ4n) is 3.11. The molecule has 11 nitrogen and oxygen atoms in total. The Hall–Kier alpha value is -3.58. The number of benzene rings is 2. The van der Waals surface area contributed by atoms with Crippen LogP contribution in [0, 0.1) is 21.8 Å².